The van der Waals surface area contributed by atoms with Gasteiger partial charge in [-0.25, -0.2) is 9.59 Å². The van der Waals surface area contributed by atoms with E-state index in [0.29, 0.717) is 0 Å². The van der Waals surface area contributed by atoms with Crippen LogP contribution in [0.5, 0.6) is 5.75 Å². The Balaban J connectivity index is 2.16. The van der Waals surface area contributed by atoms with Crippen LogP contribution in [0.4, 0.5) is 5.69 Å². The lowest BCUT2D eigenvalue weighted by molar-refractivity contribution is -0.385. The van der Waals surface area contributed by atoms with Crippen molar-refractivity contribution in [2.75, 3.05) is 6.61 Å². The third-order valence-electron chi connectivity index (χ3n) is 3.15. The van der Waals surface area contributed by atoms with E-state index in [2.05, 4.69) is 0 Å². The maximum Gasteiger partial charge on any atom is 0.350 e. The Labute approximate surface area is 144 Å². The molecule has 0 amide bonds. The standard InChI is InChI=1S/C18H17NO6/c1-12(2)11-24-17(20)13-6-5-7-14(10-13)25-18(21)15-8-3-4-9-16(15)19(22)23/h3-10,12H,11H2,1-2H3. The maximum absolute atomic E-state index is 12.2. The molecule has 2 rings (SSSR count). The third-order valence-corrected chi connectivity index (χ3v) is 3.15. The van der Waals surface area contributed by atoms with Crippen LogP contribution < -0.4 is 4.74 Å². The first kappa shape index (κ1) is 18.1. The van der Waals surface area contributed by atoms with Gasteiger partial charge in [-0.3, -0.25) is 10.1 Å². The summed E-state index contributed by atoms with van der Waals surface area (Å²) in [6, 6.07) is 11.4. The largest absolute Gasteiger partial charge is 0.462 e. The molecule has 0 heterocycles. The van der Waals surface area contributed by atoms with Gasteiger partial charge in [0, 0.05) is 6.07 Å². The summed E-state index contributed by atoms with van der Waals surface area (Å²) in [6.45, 7) is 4.11. The molecule has 0 aromatic heterocycles. The Morgan fingerprint density at radius 2 is 1.80 bits per heavy atom. The van der Waals surface area contributed by atoms with E-state index in [0.717, 1.165) is 0 Å². The molecule has 25 heavy (non-hydrogen) atoms. The quantitative estimate of drug-likeness (QED) is 0.344. The summed E-state index contributed by atoms with van der Waals surface area (Å²) in [6.07, 6.45) is 0. The molecule has 0 spiro atoms. The number of ether oxygens (including phenoxy) is 2. The minimum absolute atomic E-state index is 0.0992. The molecule has 0 atom stereocenters. The second-order valence-corrected chi connectivity index (χ2v) is 5.68. The molecule has 0 unspecified atom stereocenters. The predicted octanol–water partition coefficient (Wildman–Crippen LogP) is 3.63. The summed E-state index contributed by atoms with van der Waals surface area (Å²) in [5.74, 6) is -1.11. The van der Waals surface area contributed by atoms with E-state index in [-0.39, 0.29) is 35.1 Å². The molecule has 0 radical (unpaired) electrons. The average Bonchev–Trinajstić information content (AvgIpc) is 2.59. The first-order valence-corrected chi connectivity index (χ1v) is 7.61. The summed E-state index contributed by atoms with van der Waals surface area (Å²) in [4.78, 5) is 34.5. The monoisotopic (exact) mass is 343 g/mol. The van der Waals surface area contributed by atoms with Gasteiger partial charge in [0.05, 0.1) is 17.1 Å². The smallest absolute Gasteiger partial charge is 0.350 e. The SMILES string of the molecule is CC(C)COC(=O)c1cccc(OC(=O)c2ccccc2[N+](=O)[O-])c1. The fourth-order valence-electron chi connectivity index (χ4n) is 1.98. The van der Waals surface area contributed by atoms with Crippen molar-refractivity contribution in [2.24, 2.45) is 5.92 Å². The molecule has 0 saturated heterocycles. The van der Waals surface area contributed by atoms with Crippen molar-refractivity contribution in [3.8, 4) is 5.75 Å². The Kier molecular flexibility index (Phi) is 5.84. The van der Waals surface area contributed by atoms with Gasteiger partial charge in [0.1, 0.15) is 11.3 Å². The normalized spacial score (nSPS) is 10.4. The van der Waals surface area contributed by atoms with Gasteiger partial charge >= 0.3 is 11.9 Å². The van der Waals surface area contributed by atoms with E-state index in [4.69, 9.17) is 9.47 Å². The average molecular weight is 343 g/mol. The van der Waals surface area contributed by atoms with Crippen LogP contribution >= 0.6 is 0 Å². The van der Waals surface area contributed by atoms with Crippen molar-refractivity contribution < 1.29 is 24.0 Å². The highest BCUT2D eigenvalue weighted by atomic mass is 16.6. The number of rotatable bonds is 6. The topological polar surface area (TPSA) is 95.7 Å². The number of carbonyl (C=O) groups is 2. The lowest BCUT2D eigenvalue weighted by atomic mass is 10.2. The molecule has 0 N–H and O–H groups in total. The third kappa shape index (κ3) is 4.87. The molecular formula is C18H17NO6. The van der Waals surface area contributed by atoms with Gasteiger partial charge in [-0.15, -0.1) is 0 Å². The highest BCUT2D eigenvalue weighted by molar-refractivity contribution is 5.95. The number of nitrogens with zero attached hydrogens (tertiary/aromatic N) is 1. The van der Waals surface area contributed by atoms with Gasteiger partial charge in [0.2, 0.25) is 0 Å². The number of hydrogen-bond acceptors (Lipinski definition) is 6. The zero-order valence-electron chi connectivity index (χ0n) is 13.8. The summed E-state index contributed by atoms with van der Waals surface area (Å²) >= 11 is 0. The van der Waals surface area contributed by atoms with Crippen molar-refractivity contribution in [3.05, 3.63) is 69.8 Å². The number of nitro benzene ring substituents is 1. The summed E-state index contributed by atoms with van der Waals surface area (Å²) in [5, 5.41) is 11.0. The number of carbonyl (C=O) groups excluding carboxylic acids is 2. The van der Waals surface area contributed by atoms with Crippen LogP contribution in [0.25, 0.3) is 0 Å². The summed E-state index contributed by atoms with van der Waals surface area (Å²) in [7, 11) is 0. The molecule has 0 fully saturated rings. The molecule has 7 heteroatoms. The Morgan fingerprint density at radius 1 is 1.08 bits per heavy atom. The van der Waals surface area contributed by atoms with Crippen LogP contribution in [0.2, 0.25) is 0 Å². The van der Waals surface area contributed by atoms with Crippen LogP contribution in [0.3, 0.4) is 0 Å². The van der Waals surface area contributed by atoms with Gasteiger partial charge in [-0.2, -0.15) is 0 Å². The fourth-order valence-corrected chi connectivity index (χ4v) is 1.98. The van der Waals surface area contributed by atoms with Gasteiger partial charge in [-0.1, -0.05) is 32.0 Å². The van der Waals surface area contributed by atoms with Crippen LogP contribution in [0, 0.1) is 16.0 Å². The van der Waals surface area contributed by atoms with E-state index >= 15 is 0 Å². The van der Waals surface area contributed by atoms with Crippen molar-refractivity contribution in [3.63, 3.8) is 0 Å². The predicted molar refractivity (Wildman–Crippen MR) is 89.6 cm³/mol. The number of esters is 2. The second kappa shape index (κ2) is 8.05. The maximum atomic E-state index is 12.2. The fraction of sp³-hybridized carbons (Fsp3) is 0.222. The number of para-hydroxylation sites is 1. The van der Waals surface area contributed by atoms with Crippen molar-refractivity contribution in [1.82, 2.24) is 0 Å². The molecular weight excluding hydrogens is 326 g/mol. The van der Waals surface area contributed by atoms with Gasteiger partial charge in [0.25, 0.3) is 5.69 Å². The van der Waals surface area contributed by atoms with E-state index in [1.54, 1.807) is 0 Å². The Bertz CT molecular complexity index is 800. The molecule has 0 saturated carbocycles. The Hall–Kier alpha value is -3.22. The Morgan fingerprint density at radius 3 is 2.48 bits per heavy atom. The molecule has 0 aliphatic heterocycles. The minimum atomic E-state index is -0.875. The lowest BCUT2D eigenvalue weighted by Crippen LogP contribution is -2.12. The summed E-state index contributed by atoms with van der Waals surface area (Å²) in [5.41, 5.74) is -0.284. The highest BCUT2D eigenvalue weighted by Crippen LogP contribution is 2.21. The highest BCUT2D eigenvalue weighted by Gasteiger charge is 2.21. The van der Waals surface area contributed by atoms with Gasteiger partial charge < -0.3 is 9.47 Å². The van der Waals surface area contributed by atoms with Gasteiger partial charge in [-0.05, 0) is 30.2 Å². The number of benzene rings is 2. The molecule has 0 aliphatic carbocycles. The zero-order valence-corrected chi connectivity index (χ0v) is 13.8. The van der Waals surface area contributed by atoms with Crippen LogP contribution in [-0.4, -0.2) is 23.5 Å². The van der Waals surface area contributed by atoms with Crippen molar-refractivity contribution in [1.29, 1.82) is 0 Å². The molecule has 0 aliphatic rings. The molecule has 130 valence electrons. The van der Waals surface area contributed by atoms with Crippen LogP contribution in [0.1, 0.15) is 34.6 Å². The minimum Gasteiger partial charge on any atom is -0.462 e. The van der Waals surface area contributed by atoms with Crippen molar-refractivity contribution in [2.45, 2.75) is 13.8 Å². The number of nitro groups is 1. The molecule has 2 aromatic rings. The number of hydrogen-bond donors (Lipinski definition) is 0. The second-order valence-electron chi connectivity index (χ2n) is 5.68. The lowest BCUT2D eigenvalue weighted by Gasteiger charge is -2.09. The van der Waals surface area contributed by atoms with E-state index in [9.17, 15) is 19.7 Å². The molecule has 0 bridgehead atoms. The van der Waals surface area contributed by atoms with Crippen LogP contribution in [-0.2, 0) is 4.74 Å². The van der Waals surface area contributed by atoms with E-state index < -0.39 is 16.9 Å². The molecule has 2 aromatic carbocycles. The molecule has 7 nitrogen and oxygen atoms in total. The van der Waals surface area contributed by atoms with Crippen LogP contribution in [0.15, 0.2) is 48.5 Å². The summed E-state index contributed by atoms with van der Waals surface area (Å²) < 4.78 is 10.3. The first-order chi connectivity index (χ1) is 11.9. The van der Waals surface area contributed by atoms with Gasteiger partial charge in [0.15, 0.2) is 0 Å². The van der Waals surface area contributed by atoms with Crippen molar-refractivity contribution >= 4 is 17.6 Å². The zero-order chi connectivity index (χ0) is 18.4. The van der Waals surface area contributed by atoms with E-state index in [1.165, 1.54) is 48.5 Å². The van der Waals surface area contributed by atoms with E-state index in [1.807, 2.05) is 13.8 Å². The first-order valence-electron chi connectivity index (χ1n) is 7.61.